The van der Waals surface area contributed by atoms with E-state index in [9.17, 15) is 0 Å². The highest BCUT2D eigenvalue weighted by molar-refractivity contribution is 7.11. The van der Waals surface area contributed by atoms with Crippen LogP contribution < -0.4 is 5.32 Å². The molecule has 1 aromatic heterocycles. The van der Waals surface area contributed by atoms with E-state index in [2.05, 4.69) is 50.5 Å². The van der Waals surface area contributed by atoms with Crippen LogP contribution in [0.1, 0.15) is 37.6 Å². The summed E-state index contributed by atoms with van der Waals surface area (Å²) in [5, 5.41) is 5.67. The zero-order chi connectivity index (χ0) is 12.0. The maximum absolute atomic E-state index is 3.50. The minimum Gasteiger partial charge on any atom is -0.313 e. The van der Waals surface area contributed by atoms with Gasteiger partial charge in [-0.05, 0) is 48.9 Å². The predicted molar refractivity (Wildman–Crippen MR) is 75.0 cm³/mol. The summed E-state index contributed by atoms with van der Waals surface area (Å²) in [6.45, 7) is 11.0. The van der Waals surface area contributed by atoms with Crippen LogP contribution >= 0.6 is 11.3 Å². The van der Waals surface area contributed by atoms with Crippen molar-refractivity contribution in [3.8, 4) is 0 Å². The SMILES string of the molecule is CCC(=Cc1sccc1C)CNCC(C)C. The maximum atomic E-state index is 3.50. The molecule has 1 nitrogen and oxygen atoms in total. The Morgan fingerprint density at radius 1 is 1.50 bits per heavy atom. The van der Waals surface area contributed by atoms with Gasteiger partial charge in [0.2, 0.25) is 0 Å². The summed E-state index contributed by atoms with van der Waals surface area (Å²) >= 11 is 1.83. The zero-order valence-corrected chi connectivity index (χ0v) is 11.7. The molecular weight excluding hydrogens is 214 g/mol. The Kier molecular flexibility index (Phi) is 5.78. The van der Waals surface area contributed by atoms with Crippen molar-refractivity contribution in [1.29, 1.82) is 0 Å². The monoisotopic (exact) mass is 237 g/mol. The third kappa shape index (κ3) is 4.50. The lowest BCUT2D eigenvalue weighted by Gasteiger charge is -2.09. The molecule has 0 radical (unpaired) electrons. The molecule has 0 aliphatic heterocycles. The van der Waals surface area contributed by atoms with Crippen molar-refractivity contribution in [2.75, 3.05) is 13.1 Å². The van der Waals surface area contributed by atoms with Crippen LogP contribution in [0.2, 0.25) is 0 Å². The lowest BCUT2D eigenvalue weighted by atomic mass is 10.1. The lowest BCUT2D eigenvalue weighted by molar-refractivity contribution is 0.569. The number of aryl methyl sites for hydroxylation is 1. The van der Waals surface area contributed by atoms with Gasteiger partial charge in [-0.1, -0.05) is 26.3 Å². The van der Waals surface area contributed by atoms with E-state index in [1.54, 1.807) is 0 Å². The first kappa shape index (κ1) is 13.5. The second-order valence-corrected chi connectivity index (χ2v) is 5.60. The maximum Gasteiger partial charge on any atom is 0.0299 e. The summed E-state index contributed by atoms with van der Waals surface area (Å²) in [7, 11) is 0. The van der Waals surface area contributed by atoms with Crippen LogP contribution in [0.5, 0.6) is 0 Å². The average molecular weight is 237 g/mol. The van der Waals surface area contributed by atoms with Gasteiger partial charge in [0, 0.05) is 11.4 Å². The fourth-order valence-electron chi connectivity index (χ4n) is 1.52. The van der Waals surface area contributed by atoms with Crippen molar-refractivity contribution in [2.45, 2.75) is 34.1 Å². The number of hydrogen-bond acceptors (Lipinski definition) is 2. The molecule has 0 bridgehead atoms. The second kappa shape index (κ2) is 6.87. The van der Waals surface area contributed by atoms with Crippen LogP contribution in [0.25, 0.3) is 6.08 Å². The van der Waals surface area contributed by atoms with E-state index in [1.165, 1.54) is 16.0 Å². The number of nitrogens with one attached hydrogen (secondary N) is 1. The number of thiophene rings is 1. The molecule has 0 aliphatic carbocycles. The Bertz CT molecular complexity index is 336. The largest absolute Gasteiger partial charge is 0.313 e. The summed E-state index contributed by atoms with van der Waals surface area (Å²) in [5.74, 6) is 0.724. The van der Waals surface area contributed by atoms with Gasteiger partial charge in [-0.2, -0.15) is 0 Å². The minimum atomic E-state index is 0.724. The first-order chi connectivity index (χ1) is 7.63. The summed E-state index contributed by atoms with van der Waals surface area (Å²) < 4.78 is 0. The molecule has 0 amide bonds. The molecule has 0 aliphatic rings. The molecule has 2 heteroatoms. The number of hydrogen-bond donors (Lipinski definition) is 1. The molecule has 1 heterocycles. The second-order valence-electron chi connectivity index (χ2n) is 4.65. The summed E-state index contributed by atoms with van der Waals surface area (Å²) in [6, 6.07) is 2.19. The summed E-state index contributed by atoms with van der Waals surface area (Å²) in [5.41, 5.74) is 2.88. The number of rotatable bonds is 6. The van der Waals surface area contributed by atoms with Crippen molar-refractivity contribution in [1.82, 2.24) is 5.32 Å². The van der Waals surface area contributed by atoms with Gasteiger partial charge in [0.15, 0.2) is 0 Å². The minimum absolute atomic E-state index is 0.724. The highest BCUT2D eigenvalue weighted by atomic mass is 32.1. The lowest BCUT2D eigenvalue weighted by Crippen LogP contribution is -2.21. The molecule has 16 heavy (non-hydrogen) atoms. The molecule has 0 spiro atoms. The van der Waals surface area contributed by atoms with Gasteiger partial charge >= 0.3 is 0 Å². The fourth-order valence-corrected chi connectivity index (χ4v) is 2.42. The predicted octanol–water partition coefficient (Wildman–Crippen LogP) is 4.10. The first-order valence-corrected chi connectivity index (χ1v) is 6.95. The molecule has 0 fully saturated rings. The Balaban J connectivity index is 2.54. The van der Waals surface area contributed by atoms with E-state index in [4.69, 9.17) is 0 Å². The highest BCUT2D eigenvalue weighted by Gasteiger charge is 2.00. The topological polar surface area (TPSA) is 12.0 Å². The van der Waals surface area contributed by atoms with Gasteiger partial charge < -0.3 is 5.32 Å². The molecule has 90 valence electrons. The average Bonchev–Trinajstić information content (AvgIpc) is 2.62. The summed E-state index contributed by atoms with van der Waals surface area (Å²) in [6.07, 6.45) is 3.47. The third-order valence-electron chi connectivity index (χ3n) is 2.60. The summed E-state index contributed by atoms with van der Waals surface area (Å²) in [4.78, 5) is 1.41. The Morgan fingerprint density at radius 3 is 2.75 bits per heavy atom. The van der Waals surface area contributed by atoms with Crippen LogP contribution in [0.15, 0.2) is 17.0 Å². The fraction of sp³-hybridized carbons (Fsp3) is 0.571. The molecule has 0 aromatic carbocycles. The Labute approximate surface area is 104 Å². The van der Waals surface area contributed by atoms with Crippen molar-refractivity contribution < 1.29 is 0 Å². The van der Waals surface area contributed by atoms with Crippen molar-refractivity contribution >= 4 is 17.4 Å². The van der Waals surface area contributed by atoms with Gasteiger partial charge in [0.05, 0.1) is 0 Å². The van der Waals surface area contributed by atoms with E-state index in [0.29, 0.717) is 0 Å². The van der Waals surface area contributed by atoms with Crippen LogP contribution in [-0.2, 0) is 0 Å². The normalized spacial score (nSPS) is 12.4. The molecule has 0 unspecified atom stereocenters. The highest BCUT2D eigenvalue weighted by Crippen LogP contribution is 2.19. The molecule has 0 saturated heterocycles. The molecule has 0 atom stereocenters. The van der Waals surface area contributed by atoms with E-state index < -0.39 is 0 Å². The van der Waals surface area contributed by atoms with Crippen LogP contribution in [0.4, 0.5) is 0 Å². The molecule has 0 saturated carbocycles. The van der Waals surface area contributed by atoms with E-state index >= 15 is 0 Å². The van der Waals surface area contributed by atoms with Gasteiger partial charge in [-0.3, -0.25) is 0 Å². The molecule has 1 rings (SSSR count). The van der Waals surface area contributed by atoms with Crippen molar-refractivity contribution in [3.05, 3.63) is 27.5 Å². The van der Waals surface area contributed by atoms with Gasteiger partial charge in [-0.25, -0.2) is 0 Å². The van der Waals surface area contributed by atoms with Crippen molar-refractivity contribution in [3.63, 3.8) is 0 Å². The molecular formula is C14H23NS. The standard InChI is InChI=1S/C14H23NS/c1-5-13(10-15-9-11(2)3)8-14-12(4)6-7-16-14/h6-8,11,15H,5,9-10H2,1-4H3. The van der Waals surface area contributed by atoms with Crippen molar-refractivity contribution in [2.24, 2.45) is 5.92 Å². The van der Waals surface area contributed by atoms with Gasteiger partial charge in [-0.15, -0.1) is 11.3 Å². The Morgan fingerprint density at radius 2 is 2.25 bits per heavy atom. The smallest absolute Gasteiger partial charge is 0.0299 e. The van der Waals surface area contributed by atoms with Crippen LogP contribution in [-0.4, -0.2) is 13.1 Å². The van der Waals surface area contributed by atoms with E-state index in [0.717, 1.165) is 25.4 Å². The van der Waals surface area contributed by atoms with E-state index in [1.807, 2.05) is 11.3 Å². The van der Waals surface area contributed by atoms with Crippen LogP contribution in [0, 0.1) is 12.8 Å². The van der Waals surface area contributed by atoms with Crippen LogP contribution in [0.3, 0.4) is 0 Å². The first-order valence-electron chi connectivity index (χ1n) is 6.07. The van der Waals surface area contributed by atoms with Gasteiger partial charge in [0.25, 0.3) is 0 Å². The quantitative estimate of drug-likeness (QED) is 0.785. The van der Waals surface area contributed by atoms with Gasteiger partial charge in [0.1, 0.15) is 0 Å². The molecule has 1 N–H and O–H groups in total. The molecule has 1 aromatic rings. The zero-order valence-electron chi connectivity index (χ0n) is 10.8. The van der Waals surface area contributed by atoms with E-state index in [-0.39, 0.29) is 0 Å². The Hall–Kier alpha value is -0.600. The third-order valence-corrected chi connectivity index (χ3v) is 3.56.